The van der Waals surface area contributed by atoms with E-state index in [0.29, 0.717) is 23.4 Å². The third-order valence-corrected chi connectivity index (χ3v) is 5.53. The number of rotatable bonds is 9. The van der Waals surface area contributed by atoms with Crippen LogP contribution >= 0.6 is 0 Å². The van der Waals surface area contributed by atoms with Crippen LogP contribution in [-0.4, -0.2) is 17.2 Å². The fraction of sp³-hybridized carbons (Fsp3) is 0.222. The summed E-state index contributed by atoms with van der Waals surface area (Å²) < 4.78 is 11.7. The van der Waals surface area contributed by atoms with Gasteiger partial charge in [-0.05, 0) is 72.4 Å². The van der Waals surface area contributed by atoms with Crippen molar-refractivity contribution in [2.45, 2.75) is 38.7 Å². The van der Waals surface area contributed by atoms with Gasteiger partial charge in [-0.15, -0.1) is 0 Å². The van der Waals surface area contributed by atoms with Gasteiger partial charge in [0.05, 0.1) is 11.8 Å². The molecule has 0 bridgehead atoms. The molecule has 0 aromatic heterocycles. The number of carboxylic acids is 1. The molecule has 0 saturated heterocycles. The van der Waals surface area contributed by atoms with E-state index in [9.17, 15) is 9.90 Å². The minimum absolute atomic E-state index is 0.288. The quantitative estimate of drug-likeness (QED) is 0.397. The molecule has 32 heavy (non-hydrogen) atoms. The van der Waals surface area contributed by atoms with Gasteiger partial charge in [-0.3, -0.25) is 0 Å². The van der Waals surface area contributed by atoms with Crippen molar-refractivity contribution in [3.05, 3.63) is 101 Å². The van der Waals surface area contributed by atoms with E-state index in [1.807, 2.05) is 42.5 Å². The standard InChI is InChI=1S/C27H27NO4/c1-2-3-4-18-5-13-22(14-6-18)31-17-19-7-15-23(16-8-19)32-26-24(25(26)27(29)30)20-9-11-21(28)12-10-20/h5-7,9-17,26H,2-4,8,28H2,1H3,(H,29,30). The summed E-state index contributed by atoms with van der Waals surface area (Å²) in [4.78, 5) is 11.6. The van der Waals surface area contributed by atoms with Crippen molar-refractivity contribution in [1.82, 2.24) is 0 Å². The first-order valence-corrected chi connectivity index (χ1v) is 10.9. The highest BCUT2D eigenvalue weighted by Crippen LogP contribution is 2.44. The zero-order chi connectivity index (χ0) is 22.5. The highest BCUT2D eigenvalue weighted by Gasteiger charge is 2.45. The van der Waals surface area contributed by atoms with Crippen LogP contribution in [0.25, 0.3) is 5.57 Å². The third kappa shape index (κ3) is 5.11. The Morgan fingerprint density at radius 3 is 2.50 bits per heavy atom. The largest absolute Gasteiger partial charge is 0.481 e. The molecular formula is C27H27NO4. The molecule has 2 aromatic carbocycles. The monoisotopic (exact) mass is 429 g/mol. The van der Waals surface area contributed by atoms with Gasteiger partial charge < -0.3 is 20.3 Å². The summed E-state index contributed by atoms with van der Waals surface area (Å²) in [5, 5.41) is 9.49. The molecule has 3 N–H and O–H groups in total. The number of allylic oxidation sites excluding steroid dienone is 4. The molecule has 2 aliphatic rings. The number of nitrogens with two attached hydrogens (primary N) is 1. The summed E-state index contributed by atoms with van der Waals surface area (Å²) in [7, 11) is 0. The number of carboxylic acid groups (broad SMARTS) is 1. The summed E-state index contributed by atoms with van der Waals surface area (Å²) in [6.07, 6.45) is 11.0. The minimum atomic E-state index is -0.961. The molecule has 2 aromatic rings. The Balaban J connectivity index is 1.32. The molecular weight excluding hydrogens is 402 g/mol. The van der Waals surface area contributed by atoms with Crippen molar-refractivity contribution >= 4 is 17.2 Å². The second-order valence-corrected chi connectivity index (χ2v) is 7.95. The first kappa shape index (κ1) is 21.5. The summed E-state index contributed by atoms with van der Waals surface area (Å²) in [5.41, 5.74) is 10.5. The van der Waals surface area contributed by atoms with Crippen LogP contribution in [0, 0.1) is 0 Å². The van der Waals surface area contributed by atoms with Crippen LogP contribution in [0.15, 0.2) is 89.9 Å². The zero-order valence-electron chi connectivity index (χ0n) is 18.1. The number of ether oxygens (including phenoxy) is 2. The lowest BCUT2D eigenvalue weighted by Gasteiger charge is -2.12. The Hall–Kier alpha value is -3.73. The van der Waals surface area contributed by atoms with Crippen LogP contribution in [0.1, 0.15) is 37.3 Å². The van der Waals surface area contributed by atoms with Gasteiger partial charge in [0, 0.05) is 11.3 Å². The summed E-state index contributed by atoms with van der Waals surface area (Å²) in [6.45, 7) is 2.19. The number of hydrogen-bond donors (Lipinski definition) is 2. The molecule has 0 aliphatic heterocycles. The van der Waals surface area contributed by atoms with Gasteiger partial charge in [-0.25, -0.2) is 4.79 Å². The second-order valence-electron chi connectivity index (χ2n) is 7.95. The van der Waals surface area contributed by atoms with Crippen molar-refractivity contribution < 1.29 is 19.4 Å². The lowest BCUT2D eigenvalue weighted by atomic mass is 10.1. The molecule has 0 spiro atoms. The SMILES string of the molecule is CCCCc1ccc(OC=C2C=CC(OC3C(C(=O)O)=C3c3ccc(N)cc3)=CC2)cc1. The number of hydrogen-bond acceptors (Lipinski definition) is 4. The Morgan fingerprint density at radius 1 is 1.12 bits per heavy atom. The molecule has 0 saturated carbocycles. The molecule has 0 heterocycles. The molecule has 4 rings (SSSR count). The number of unbranched alkanes of at least 4 members (excludes halogenated alkanes) is 1. The molecule has 5 nitrogen and oxygen atoms in total. The average Bonchev–Trinajstić information content (AvgIpc) is 3.52. The molecule has 2 aliphatic carbocycles. The highest BCUT2D eigenvalue weighted by atomic mass is 16.5. The summed E-state index contributed by atoms with van der Waals surface area (Å²) in [5.74, 6) is 0.493. The lowest BCUT2D eigenvalue weighted by molar-refractivity contribution is -0.132. The number of nitrogen functional groups attached to an aromatic ring is 1. The minimum Gasteiger partial charge on any atom is -0.481 e. The van der Waals surface area contributed by atoms with E-state index < -0.39 is 12.1 Å². The molecule has 1 unspecified atom stereocenters. The van der Waals surface area contributed by atoms with E-state index in [-0.39, 0.29) is 5.57 Å². The molecule has 164 valence electrons. The maximum absolute atomic E-state index is 11.6. The smallest absolute Gasteiger partial charge is 0.336 e. The number of aryl methyl sites for hydroxylation is 1. The third-order valence-electron chi connectivity index (χ3n) is 5.53. The number of carbonyl (C=O) groups is 1. The van der Waals surface area contributed by atoms with Gasteiger partial charge in [0.15, 0.2) is 6.10 Å². The number of anilines is 1. The topological polar surface area (TPSA) is 81.8 Å². The molecule has 0 fully saturated rings. The van der Waals surface area contributed by atoms with E-state index in [1.54, 1.807) is 18.4 Å². The van der Waals surface area contributed by atoms with Crippen LogP contribution in [0.3, 0.4) is 0 Å². The van der Waals surface area contributed by atoms with E-state index in [1.165, 1.54) is 18.4 Å². The predicted octanol–water partition coefficient (Wildman–Crippen LogP) is 5.66. The normalized spacial score (nSPS) is 18.5. The summed E-state index contributed by atoms with van der Waals surface area (Å²) in [6, 6.07) is 15.3. The Morgan fingerprint density at radius 2 is 1.88 bits per heavy atom. The lowest BCUT2D eigenvalue weighted by Crippen LogP contribution is -2.05. The van der Waals surface area contributed by atoms with Crippen LogP contribution in [0.4, 0.5) is 5.69 Å². The molecule has 5 heteroatoms. The molecule has 1 atom stereocenters. The Labute approximate surface area is 188 Å². The second kappa shape index (κ2) is 9.60. The zero-order valence-corrected chi connectivity index (χ0v) is 18.1. The fourth-order valence-corrected chi connectivity index (χ4v) is 3.63. The number of benzene rings is 2. The van der Waals surface area contributed by atoms with Gasteiger partial charge in [0.1, 0.15) is 11.5 Å². The Bertz CT molecular complexity index is 1110. The van der Waals surface area contributed by atoms with Gasteiger partial charge in [0.2, 0.25) is 0 Å². The van der Waals surface area contributed by atoms with E-state index in [4.69, 9.17) is 15.2 Å². The van der Waals surface area contributed by atoms with Gasteiger partial charge >= 0.3 is 5.97 Å². The Kier molecular flexibility index (Phi) is 6.45. The highest BCUT2D eigenvalue weighted by molar-refractivity contribution is 6.11. The van der Waals surface area contributed by atoms with Crippen molar-refractivity contribution in [2.24, 2.45) is 0 Å². The van der Waals surface area contributed by atoms with Gasteiger partial charge in [0.25, 0.3) is 0 Å². The van der Waals surface area contributed by atoms with E-state index in [2.05, 4.69) is 19.1 Å². The number of aliphatic carboxylic acids is 1. The van der Waals surface area contributed by atoms with Crippen LogP contribution in [0.5, 0.6) is 5.75 Å². The summed E-state index contributed by atoms with van der Waals surface area (Å²) >= 11 is 0. The van der Waals surface area contributed by atoms with E-state index in [0.717, 1.165) is 23.3 Å². The molecule has 0 radical (unpaired) electrons. The van der Waals surface area contributed by atoms with Crippen molar-refractivity contribution in [1.29, 1.82) is 0 Å². The first-order chi connectivity index (χ1) is 15.5. The maximum Gasteiger partial charge on any atom is 0.336 e. The fourth-order valence-electron chi connectivity index (χ4n) is 3.63. The predicted molar refractivity (Wildman–Crippen MR) is 126 cm³/mol. The van der Waals surface area contributed by atoms with Crippen LogP contribution in [0.2, 0.25) is 0 Å². The van der Waals surface area contributed by atoms with E-state index >= 15 is 0 Å². The van der Waals surface area contributed by atoms with Crippen molar-refractivity contribution in [3.63, 3.8) is 0 Å². The molecule has 0 amide bonds. The van der Waals surface area contributed by atoms with Gasteiger partial charge in [-0.1, -0.05) is 43.7 Å². The van der Waals surface area contributed by atoms with Crippen LogP contribution in [-0.2, 0) is 16.0 Å². The average molecular weight is 430 g/mol. The van der Waals surface area contributed by atoms with Gasteiger partial charge in [-0.2, -0.15) is 0 Å². The maximum atomic E-state index is 11.6. The first-order valence-electron chi connectivity index (χ1n) is 10.9. The van der Waals surface area contributed by atoms with Crippen LogP contribution < -0.4 is 10.5 Å². The van der Waals surface area contributed by atoms with Crippen molar-refractivity contribution in [3.8, 4) is 5.75 Å². The van der Waals surface area contributed by atoms with Crippen molar-refractivity contribution in [2.75, 3.05) is 5.73 Å².